The Balaban J connectivity index is 3.29. The Labute approximate surface area is 152 Å². The summed E-state index contributed by atoms with van der Waals surface area (Å²) in [5.41, 5.74) is 0. The van der Waals surface area contributed by atoms with Gasteiger partial charge in [0.15, 0.2) is 0 Å². The van der Waals surface area contributed by atoms with Gasteiger partial charge in [-0.3, -0.25) is 0 Å². The highest BCUT2D eigenvalue weighted by molar-refractivity contribution is 4.59. The van der Waals surface area contributed by atoms with E-state index >= 15 is 0 Å². The van der Waals surface area contributed by atoms with Crippen molar-refractivity contribution in [1.29, 1.82) is 0 Å². The number of hydrogen-bond donors (Lipinski definition) is 2. The number of hydrogen-bond acceptors (Lipinski definition) is 2. The van der Waals surface area contributed by atoms with Crippen LogP contribution < -0.4 is 0 Å². The van der Waals surface area contributed by atoms with E-state index in [1.165, 1.54) is 89.9 Å². The van der Waals surface area contributed by atoms with E-state index in [1.54, 1.807) is 0 Å². The van der Waals surface area contributed by atoms with Gasteiger partial charge in [-0.2, -0.15) is 0 Å². The third-order valence-electron chi connectivity index (χ3n) is 5.35. The Hall–Kier alpha value is -0.0800. The summed E-state index contributed by atoms with van der Waals surface area (Å²) < 4.78 is 0. The molecule has 0 heterocycles. The van der Waals surface area contributed by atoms with Gasteiger partial charge in [0.2, 0.25) is 0 Å². The van der Waals surface area contributed by atoms with Crippen LogP contribution in [0.25, 0.3) is 0 Å². The van der Waals surface area contributed by atoms with E-state index in [0.29, 0.717) is 13.2 Å². The fraction of sp³-hybridized carbons (Fsp3) is 1.00. The van der Waals surface area contributed by atoms with Crippen molar-refractivity contribution in [3.05, 3.63) is 0 Å². The largest absolute Gasteiger partial charge is 0.396 e. The Morgan fingerprint density at radius 1 is 0.417 bits per heavy atom. The van der Waals surface area contributed by atoms with E-state index in [1.807, 2.05) is 0 Å². The second kappa shape index (κ2) is 19.2. The molecular weight excluding hydrogens is 296 g/mol. The minimum Gasteiger partial charge on any atom is -0.396 e. The molecule has 0 aliphatic heterocycles. The number of unbranched alkanes of at least 4 members (excludes halogenated alkanes) is 9. The molecule has 0 bridgehead atoms. The summed E-state index contributed by atoms with van der Waals surface area (Å²) in [6.07, 6.45) is 20.8. The van der Waals surface area contributed by atoms with E-state index < -0.39 is 0 Å². The first-order valence-electron chi connectivity index (χ1n) is 10.9. The first kappa shape index (κ1) is 23.9. The molecule has 2 nitrogen and oxygen atoms in total. The predicted octanol–water partition coefficient (Wildman–Crippen LogP) is 6.48. The molecule has 0 saturated heterocycles. The van der Waals surface area contributed by atoms with Crippen molar-refractivity contribution in [2.45, 2.75) is 117 Å². The normalized spacial score (nSPS) is 14.0. The molecule has 2 N–H and O–H groups in total. The number of rotatable bonds is 19. The Bertz CT molecular complexity index is 230. The lowest BCUT2D eigenvalue weighted by Crippen LogP contribution is -1.99. The Morgan fingerprint density at radius 3 is 1.08 bits per heavy atom. The molecule has 0 rings (SSSR count). The van der Waals surface area contributed by atoms with E-state index in [9.17, 15) is 0 Å². The quantitative estimate of drug-likeness (QED) is 0.264. The monoisotopic (exact) mass is 342 g/mol. The fourth-order valence-electron chi connectivity index (χ4n) is 3.55. The van der Waals surface area contributed by atoms with Crippen LogP contribution in [-0.2, 0) is 0 Å². The van der Waals surface area contributed by atoms with Gasteiger partial charge in [0.1, 0.15) is 0 Å². The second-order valence-corrected chi connectivity index (χ2v) is 8.05. The standard InChI is InChI=1S/C22H46O2/c1-21(15-10-6-3-4-8-12-19-23)17-14-18-22(2)16-11-7-5-9-13-20-24/h21-24H,3-20H2,1-2H3. The van der Waals surface area contributed by atoms with E-state index in [2.05, 4.69) is 13.8 Å². The predicted molar refractivity (Wildman–Crippen MR) is 106 cm³/mol. The number of aliphatic hydroxyl groups is 2. The molecule has 0 saturated carbocycles. The molecule has 0 fully saturated rings. The first-order chi connectivity index (χ1) is 11.7. The third kappa shape index (κ3) is 18.3. The van der Waals surface area contributed by atoms with Crippen molar-refractivity contribution in [1.82, 2.24) is 0 Å². The van der Waals surface area contributed by atoms with Crippen LogP contribution >= 0.6 is 0 Å². The van der Waals surface area contributed by atoms with Crippen LogP contribution in [0, 0.1) is 11.8 Å². The molecule has 146 valence electrons. The molecule has 2 unspecified atom stereocenters. The van der Waals surface area contributed by atoms with E-state index in [-0.39, 0.29) is 0 Å². The zero-order valence-corrected chi connectivity index (χ0v) is 16.8. The van der Waals surface area contributed by atoms with Crippen LogP contribution in [0.2, 0.25) is 0 Å². The lowest BCUT2D eigenvalue weighted by atomic mass is 9.92. The summed E-state index contributed by atoms with van der Waals surface area (Å²) >= 11 is 0. The highest BCUT2D eigenvalue weighted by atomic mass is 16.3. The highest BCUT2D eigenvalue weighted by Gasteiger charge is 2.06. The molecule has 24 heavy (non-hydrogen) atoms. The summed E-state index contributed by atoms with van der Waals surface area (Å²) in [5.74, 6) is 1.79. The maximum Gasteiger partial charge on any atom is 0.0431 e. The van der Waals surface area contributed by atoms with Crippen LogP contribution in [-0.4, -0.2) is 23.4 Å². The summed E-state index contributed by atoms with van der Waals surface area (Å²) in [6, 6.07) is 0. The van der Waals surface area contributed by atoms with E-state index in [4.69, 9.17) is 10.2 Å². The SMILES string of the molecule is CC(CCCCCCCO)CCCC(C)CCCCCCCCO. The summed E-state index contributed by atoms with van der Waals surface area (Å²) in [7, 11) is 0. The molecular formula is C22H46O2. The lowest BCUT2D eigenvalue weighted by Gasteiger charge is -2.14. The molecule has 0 aromatic rings. The van der Waals surface area contributed by atoms with Crippen LogP contribution in [0.1, 0.15) is 117 Å². The van der Waals surface area contributed by atoms with Crippen molar-refractivity contribution in [2.75, 3.05) is 13.2 Å². The molecule has 0 aliphatic carbocycles. The van der Waals surface area contributed by atoms with Crippen molar-refractivity contribution in [3.63, 3.8) is 0 Å². The maximum atomic E-state index is 8.76. The Kier molecular flexibility index (Phi) is 19.2. The number of aliphatic hydroxyl groups excluding tert-OH is 2. The van der Waals surface area contributed by atoms with Gasteiger partial charge in [-0.15, -0.1) is 0 Å². The molecule has 2 heteroatoms. The van der Waals surface area contributed by atoms with Gasteiger partial charge in [0.05, 0.1) is 0 Å². The molecule has 0 amide bonds. The molecule has 0 radical (unpaired) electrons. The van der Waals surface area contributed by atoms with Crippen LogP contribution in [0.5, 0.6) is 0 Å². The van der Waals surface area contributed by atoms with Crippen LogP contribution in [0.3, 0.4) is 0 Å². The minimum absolute atomic E-state index is 0.359. The molecule has 0 aliphatic rings. The molecule has 0 spiro atoms. The van der Waals surface area contributed by atoms with Gasteiger partial charge in [-0.1, -0.05) is 104 Å². The highest BCUT2D eigenvalue weighted by Crippen LogP contribution is 2.21. The zero-order valence-electron chi connectivity index (χ0n) is 16.8. The molecule has 0 aromatic heterocycles. The van der Waals surface area contributed by atoms with Crippen molar-refractivity contribution in [2.24, 2.45) is 11.8 Å². The molecule has 2 atom stereocenters. The summed E-state index contributed by atoms with van der Waals surface area (Å²) in [4.78, 5) is 0. The third-order valence-corrected chi connectivity index (χ3v) is 5.35. The summed E-state index contributed by atoms with van der Waals surface area (Å²) in [6.45, 7) is 5.57. The maximum absolute atomic E-state index is 8.76. The van der Waals surface area contributed by atoms with Crippen molar-refractivity contribution >= 4 is 0 Å². The smallest absolute Gasteiger partial charge is 0.0431 e. The van der Waals surface area contributed by atoms with Gasteiger partial charge >= 0.3 is 0 Å². The van der Waals surface area contributed by atoms with Crippen molar-refractivity contribution < 1.29 is 10.2 Å². The van der Waals surface area contributed by atoms with Crippen LogP contribution in [0.4, 0.5) is 0 Å². The van der Waals surface area contributed by atoms with Gasteiger partial charge in [0, 0.05) is 13.2 Å². The lowest BCUT2D eigenvalue weighted by molar-refractivity contribution is 0.281. The van der Waals surface area contributed by atoms with Gasteiger partial charge < -0.3 is 10.2 Å². The summed E-state index contributed by atoms with van der Waals surface area (Å²) in [5, 5.41) is 17.5. The van der Waals surface area contributed by atoms with Crippen LogP contribution in [0.15, 0.2) is 0 Å². The van der Waals surface area contributed by atoms with Gasteiger partial charge in [-0.25, -0.2) is 0 Å². The first-order valence-corrected chi connectivity index (χ1v) is 10.9. The average molecular weight is 343 g/mol. The van der Waals surface area contributed by atoms with Crippen molar-refractivity contribution in [3.8, 4) is 0 Å². The van der Waals surface area contributed by atoms with Gasteiger partial charge in [-0.05, 0) is 24.7 Å². The Morgan fingerprint density at radius 2 is 0.708 bits per heavy atom. The second-order valence-electron chi connectivity index (χ2n) is 8.05. The molecule has 0 aromatic carbocycles. The average Bonchev–Trinajstić information content (AvgIpc) is 2.57. The topological polar surface area (TPSA) is 40.5 Å². The minimum atomic E-state index is 0.359. The van der Waals surface area contributed by atoms with Gasteiger partial charge in [0.25, 0.3) is 0 Å². The van der Waals surface area contributed by atoms with E-state index in [0.717, 1.165) is 24.7 Å². The zero-order chi connectivity index (χ0) is 17.9. The fourth-order valence-corrected chi connectivity index (χ4v) is 3.55.